The molecule has 90 valence electrons. The van der Waals surface area contributed by atoms with Crippen LogP contribution in [0.2, 0.25) is 5.02 Å². The molecule has 1 N–H and O–H groups in total. The van der Waals surface area contributed by atoms with Crippen molar-refractivity contribution in [1.29, 1.82) is 0 Å². The predicted molar refractivity (Wildman–Crippen MR) is 65.2 cm³/mol. The highest BCUT2D eigenvalue weighted by molar-refractivity contribution is 9.10. The Morgan fingerprint density at radius 2 is 2.29 bits per heavy atom. The van der Waals surface area contributed by atoms with Crippen LogP contribution in [-0.2, 0) is 4.79 Å². The highest BCUT2D eigenvalue weighted by Gasteiger charge is 2.29. The van der Waals surface area contributed by atoms with Crippen molar-refractivity contribution in [3.63, 3.8) is 0 Å². The van der Waals surface area contributed by atoms with Gasteiger partial charge in [0.25, 0.3) is 0 Å². The fourth-order valence-electron chi connectivity index (χ4n) is 1.59. The zero-order chi connectivity index (χ0) is 12.6. The first-order valence-corrected chi connectivity index (χ1v) is 5.86. The minimum absolute atomic E-state index is 0.117. The second kappa shape index (κ2) is 4.66. The second-order valence-electron chi connectivity index (χ2n) is 3.47. The minimum atomic E-state index is -1.20. The van der Waals surface area contributed by atoms with Crippen LogP contribution in [0.15, 0.2) is 22.2 Å². The van der Waals surface area contributed by atoms with Gasteiger partial charge in [0.2, 0.25) is 0 Å². The van der Waals surface area contributed by atoms with Gasteiger partial charge in [0.05, 0.1) is 10.6 Å². The first-order valence-electron chi connectivity index (χ1n) is 4.69. The van der Waals surface area contributed by atoms with Crippen molar-refractivity contribution in [2.24, 2.45) is 0 Å². The number of halogens is 3. The first-order chi connectivity index (χ1) is 8.02. The van der Waals surface area contributed by atoms with E-state index in [2.05, 4.69) is 15.9 Å². The van der Waals surface area contributed by atoms with Crippen molar-refractivity contribution in [2.75, 3.05) is 6.67 Å². The highest BCUT2D eigenvalue weighted by Crippen LogP contribution is 2.38. The number of fused-ring (bicyclic) bond motifs is 1. The average Bonchev–Trinajstić information content (AvgIpc) is 2.27. The van der Waals surface area contributed by atoms with E-state index in [0.29, 0.717) is 20.8 Å². The van der Waals surface area contributed by atoms with E-state index in [1.807, 2.05) is 0 Å². The van der Waals surface area contributed by atoms with Crippen LogP contribution in [0.4, 0.5) is 4.39 Å². The van der Waals surface area contributed by atoms with Crippen molar-refractivity contribution in [3.05, 3.63) is 32.8 Å². The van der Waals surface area contributed by atoms with Crippen LogP contribution in [0.25, 0.3) is 6.08 Å². The van der Waals surface area contributed by atoms with E-state index in [1.165, 1.54) is 6.08 Å². The Hall–Kier alpha value is -1.07. The summed E-state index contributed by atoms with van der Waals surface area (Å²) < 4.78 is 18.7. The number of hydrogen-bond donors (Lipinski definition) is 1. The fourth-order valence-corrected chi connectivity index (χ4v) is 2.47. The fraction of sp³-hybridized carbons (Fsp3) is 0.182. The van der Waals surface area contributed by atoms with Gasteiger partial charge in [-0.05, 0) is 18.2 Å². The van der Waals surface area contributed by atoms with E-state index >= 15 is 0 Å². The minimum Gasteiger partial charge on any atom is -0.480 e. The number of alkyl halides is 1. The van der Waals surface area contributed by atoms with E-state index in [0.717, 1.165) is 0 Å². The van der Waals surface area contributed by atoms with Crippen LogP contribution in [0, 0.1) is 0 Å². The number of carboxylic acid groups (broad SMARTS) is 1. The van der Waals surface area contributed by atoms with Gasteiger partial charge in [0.1, 0.15) is 12.4 Å². The largest absolute Gasteiger partial charge is 0.480 e. The van der Waals surface area contributed by atoms with Crippen molar-refractivity contribution < 1.29 is 19.0 Å². The summed E-state index contributed by atoms with van der Waals surface area (Å²) in [5.41, 5.74) is 0.403. The molecule has 1 aromatic rings. The van der Waals surface area contributed by atoms with E-state index in [4.69, 9.17) is 21.4 Å². The van der Waals surface area contributed by atoms with Gasteiger partial charge in [-0.3, -0.25) is 0 Å². The van der Waals surface area contributed by atoms with Gasteiger partial charge in [0.15, 0.2) is 6.10 Å². The number of aliphatic carboxylic acids is 1. The van der Waals surface area contributed by atoms with Crippen LogP contribution < -0.4 is 4.74 Å². The molecule has 6 heteroatoms. The zero-order valence-electron chi connectivity index (χ0n) is 8.41. The van der Waals surface area contributed by atoms with E-state index in [9.17, 15) is 9.18 Å². The lowest BCUT2D eigenvalue weighted by molar-refractivity contribution is -0.133. The molecule has 0 aromatic heterocycles. The van der Waals surface area contributed by atoms with Crippen LogP contribution in [0.1, 0.15) is 5.56 Å². The summed E-state index contributed by atoms with van der Waals surface area (Å²) in [5, 5.41) is 9.26. The molecule has 0 aliphatic carbocycles. The third-order valence-electron chi connectivity index (χ3n) is 2.34. The second-order valence-corrected chi connectivity index (χ2v) is 4.79. The monoisotopic (exact) mass is 320 g/mol. The summed E-state index contributed by atoms with van der Waals surface area (Å²) in [5.74, 6) is -0.892. The lowest BCUT2D eigenvalue weighted by atomic mass is 10.0. The van der Waals surface area contributed by atoms with Gasteiger partial charge in [0, 0.05) is 10.0 Å². The molecule has 0 amide bonds. The van der Waals surface area contributed by atoms with E-state index in [-0.39, 0.29) is 5.57 Å². The Labute approximate surface area is 110 Å². The van der Waals surface area contributed by atoms with Crippen LogP contribution >= 0.6 is 27.5 Å². The van der Waals surface area contributed by atoms with Crippen molar-refractivity contribution in [1.82, 2.24) is 0 Å². The molecule has 1 atom stereocenters. The van der Waals surface area contributed by atoms with Crippen molar-refractivity contribution in [3.8, 4) is 5.75 Å². The number of rotatable bonds is 2. The molecule has 1 heterocycles. The Balaban J connectivity index is 2.57. The Kier molecular flexibility index (Phi) is 3.40. The summed E-state index contributed by atoms with van der Waals surface area (Å²) in [4.78, 5) is 10.9. The van der Waals surface area contributed by atoms with Gasteiger partial charge in [-0.2, -0.15) is 0 Å². The van der Waals surface area contributed by atoms with Crippen LogP contribution in [0.3, 0.4) is 0 Å². The molecule has 2 rings (SSSR count). The highest BCUT2D eigenvalue weighted by atomic mass is 79.9. The number of hydrogen-bond acceptors (Lipinski definition) is 2. The maximum Gasteiger partial charge on any atom is 0.335 e. The van der Waals surface area contributed by atoms with Gasteiger partial charge in [-0.25, -0.2) is 9.18 Å². The first kappa shape index (κ1) is 12.4. The summed E-state index contributed by atoms with van der Waals surface area (Å²) in [6, 6.07) is 3.27. The summed E-state index contributed by atoms with van der Waals surface area (Å²) in [6.45, 7) is -0.913. The molecule has 0 saturated heterocycles. The Morgan fingerprint density at radius 3 is 2.88 bits per heavy atom. The summed E-state index contributed by atoms with van der Waals surface area (Å²) >= 11 is 9.18. The third-order valence-corrected chi connectivity index (χ3v) is 3.08. The molecule has 0 bridgehead atoms. The Bertz CT molecular complexity index is 516. The van der Waals surface area contributed by atoms with Crippen molar-refractivity contribution in [2.45, 2.75) is 6.10 Å². The maximum atomic E-state index is 12.7. The number of ether oxygens (including phenoxy) is 1. The smallest absolute Gasteiger partial charge is 0.335 e. The van der Waals surface area contributed by atoms with Crippen LogP contribution in [0.5, 0.6) is 5.75 Å². The molecule has 1 unspecified atom stereocenters. The molecule has 3 nitrogen and oxygen atoms in total. The summed E-state index contributed by atoms with van der Waals surface area (Å²) in [7, 11) is 0. The third kappa shape index (κ3) is 2.30. The number of carboxylic acids is 1. The molecule has 0 spiro atoms. The molecule has 1 aliphatic rings. The topological polar surface area (TPSA) is 46.5 Å². The van der Waals surface area contributed by atoms with Gasteiger partial charge in [-0.1, -0.05) is 27.5 Å². The normalized spacial score (nSPS) is 18.1. The lowest BCUT2D eigenvalue weighted by Crippen LogP contribution is -2.29. The Morgan fingerprint density at radius 1 is 1.59 bits per heavy atom. The number of benzene rings is 1. The molecular formula is C11H7BrClFO3. The lowest BCUT2D eigenvalue weighted by Gasteiger charge is -2.24. The summed E-state index contributed by atoms with van der Waals surface area (Å²) in [6.07, 6.45) is 0.265. The molecule has 0 saturated carbocycles. The quantitative estimate of drug-likeness (QED) is 0.909. The molecule has 0 radical (unpaired) electrons. The maximum absolute atomic E-state index is 12.7. The molecule has 0 fully saturated rings. The van der Waals surface area contributed by atoms with E-state index in [1.54, 1.807) is 12.1 Å². The molecular weight excluding hydrogens is 314 g/mol. The predicted octanol–water partition coefficient (Wildman–Crippen LogP) is 3.30. The zero-order valence-corrected chi connectivity index (χ0v) is 10.8. The average molecular weight is 322 g/mol. The standard InChI is InChI=1S/C11H7BrClFO3/c12-6-1-5-2-7(11(15)16)9(4-14)17-10(5)8(13)3-6/h1-3,9H,4H2,(H,15,16). The molecule has 1 aromatic carbocycles. The van der Waals surface area contributed by atoms with Crippen molar-refractivity contribution >= 4 is 39.6 Å². The van der Waals surface area contributed by atoms with Crippen LogP contribution in [-0.4, -0.2) is 23.9 Å². The number of carbonyl (C=O) groups is 1. The van der Waals surface area contributed by atoms with Gasteiger partial charge in [-0.15, -0.1) is 0 Å². The SMILES string of the molecule is O=C(O)C1=Cc2cc(Br)cc(Cl)c2OC1CF. The van der Waals surface area contributed by atoms with E-state index < -0.39 is 18.7 Å². The van der Waals surface area contributed by atoms with Gasteiger partial charge >= 0.3 is 5.97 Å². The molecule has 1 aliphatic heterocycles. The molecule has 17 heavy (non-hydrogen) atoms. The van der Waals surface area contributed by atoms with Gasteiger partial charge < -0.3 is 9.84 Å².